The smallest absolute Gasteiger partial charge is 0.191 e. The minimum atomic E-state index is -0.278. The number of anilines is 1. The van der Waals surface area contributed by atoms with Gasteiger partial charge in [-0.15, -0.1) is 0 Å². The van der Waals surface area contributed by atoms with Crippen LogP contribution in [0.1, 0.15) is 18.9 Å². The van der Waals surface area contributed by atoms with Crippen LogP contribution in [0.25, 0.3) is 0 Å². The first-order chi connectivity index (χ1) is 13.2. The van der Waals surface area contributed by atoms with Gasteiger partial charge in [-0.3, -0.25) is 4.99 Å². The van der Waals surface area contributed by atoms with Gasteiger partial charge in [-0.2, -0.15) is 0 Å². The number of pyridine rings is 1. The topological polar surface area (TPSA) is 52.6 Å². The van der Waals surface area contributed by atoms with Crippen molar-refractivity contribution >= 4 is 23.4 Å². The number of guanidine groups is 1. The quantitative estimate of drug-likeness (QED) is 0.588. The van der Waals surface area contributed by atoms with Crippen molar-refractivity contribution in [3.8, 4) is 0 Å². The average molecular weight is 390 g/mol. The fourth-order valence-electron chi connectivity index (χ4n) is 3.18. The Morgan fingerprint density at radius 3 is 3.04 bits per heavy atom. The van der Waals surface area contributed by atoms with Crippen LogP contribution in [-0.4, -0.2) is 43.2 Å². The molecule has 1 atom stereocenters. The first kappa shape index (κ1) is 19.4. The molecule has 2 heterocycles. The third-order valence-electron chi connectivity index (χ3n) is 4.47. The van der Waals surface area contributed by atoms with Crippen LogP contribution in [-0.2, 0) is 6.42 Å². The lowest BCUT2D eigenvalue weighted by Gasteiger charge is -2.20. The van der Waals surface area contributed by atoms with E-state index in [4.69, 9.17) is 11.6 Å². The van der Waals surface area contributed by atoms with E-state index in [1.165, 1.54) is 11.6 Å². The summed E-state index contributed by atoms with van der Waals surface area (Å²) in [6.45, 7) is 4.97. The molecule has 0 spiro atoms. The predicted octanol–water partition coefficient (Wildman–Crippen LogP) is 3.25. The zero-order valence-electron chi connectivity index (χ0n) is 15.5. The van der Waals surface area contributed by atoms with Crippen molar-refractivity contribution in [1.29, 1.82) is 0 Å². The normalized spacial score (nSPS) is 17.2. The van der Waals surface area contributed by atoms with E-state index in [9.17, 15) is 4.39 Å². The molecule has 0 amide bonds. The Morgan fingerprint density at radius 1 is 1.37 bits per heavy atom. The molecule has 1 aromatic carbocycles. The minimum absolute atomic E-state index is 0.204. The van der Waals surface area contributed by atoms with Crippen molar-refractivity contribution in [1.82, 2.24) is 15.6 Å². The molecule has 2 aromatic rings. The summed E-state index contributed by atoms with van der Waals surface area (Å²) in [5.74, 6) is 0.929. The molecule has 1 aliphatic rings. The number of hydrogen-bond acceptors (Lipinski definition) is 3. The molecule has 1 fully saturated rings. The first-order valence-corrected chi connectivity index (χ1v) is 9.68. The van der Waals surface area contributed by atoms with Gasteiger partial charge in [0, 0.05) is 43.4 Å². The molecule has 1 aliphatic heterocycles. The zero-order chi connectivity index (χ0) is 19.1. The second-order valence-corrected chi connectivity index (χ2v) is 6.96. The molecule has 144 valence electrons. The summed E-state index contributed by atoms with van der Waals surface area (Å²) < 4.78 is 13.9. The van der Waals surface area contributed by atoms with E-state index < -0.39 is 0 Å². The largest absolute Gasteiger partial charge is 0.357 e. The van der Waals surface area contributed by atoms with Crippen LogP contribution in [0, 0.1) is 5.82 Å². The number of aliphatic imine (C=N–C) groups is 1. The molecule has 1 saturated heterocycles. The van der Waals surface area contributed by atoms with Gasteiger partial charge < -0.3 is 15.5 Å². The Kier molecular flexibility index (Phi) is 6.87. The Morgan fingerprint density at radius 2 is 2.26 bits per heavy atom. The van der Waals surface area contributed by atoms with Crippen molar-refractivity contribution in [3.63, 3.8) is 0 Å². The minimum Gasteiger partial charge on any atom is -0.357 e. The average Bonchev–Trinajstić information content (AvgIpc) is 3.10. The predicted molar refractivity (Wildman–Crippen MR) is 109 cm³/mol. The fourth-order valence-corrected chi connectivity index (χ4v) is 3.40. The van der Waals surface area contributed by atoms with Gasteiger partial charge in [0.25, 0.3) is 0 Å². The lowest BCUT2D eigenvalue weighted by atomic mass is 10.1. The van der Waals surface area contributed by atoms with Crippen molar-refractivity contribution in [2.24, 2.45) is 4.99 Å². The summed E-state index contributed by atoms with van der Waals surface area (Å²) in [6, 6.07) is 11.1. The fraction of sp³-hybridized carbons (Fsp3) is 0.400. The Hall–Kier alpha value is -2.34. The molecule has 0 aliphatic carbocycles. The van der Waals surface area contributed by atoms with Gasteiger partial charge in [0.05, 0.1) is 0 Å². The van der Waals surface area contributed by atoms with E-state index >= 15 is 0 Å². The Balaban J connectivity index is 1.55. The summed E-state index contributed by atoms with van der Waals surface area (Å²) >= 11 is 6.03. The van der Waals surface area contributed by atoms with E-state index in [1.807, 2.05) is 30.0 Å². The monoisotopic (exact) mass is 389 g/mol. The Labute approximate surface area is 164 Å². The highest BCUT2D eigenvalue weighted by atomic mass is 35.5. The van der Waals surface area contributed by atoms with Crippen molar-refractivity contribution in [3.05, 3.63) is 59.0 Å². The summed E-state index contributed by atoms with van der Waals surface area (Å²) in [6.07, 6.45) is 3.36. The molecule has 0 radical (unpaired) electrons. The van der Waals surface area contributed by atoms with E-state index in [1.54, 1.807) is 12.3 Å². The van der Waals surface area contributed by atoms with Crippen LogP contribution < -0.4 is 15.5 Å². The molecular formula is C20H25ClFN5. The lowest BCUT2D eigenvalue weighted by Crippen LogP contribution is -2.44. The van der Waals surface area contributed by atoms with Crippen LogP contribution in [0.4, 0.5) is 10.2 Å². The highest BCUT2D eigenvalue weighted by molar-refractivity contribution is 6.30. The SMILES string of the molecule is CCNC(=NCCc1cccc(Cl)c1)NC1CCN(c2ncccc2F)C1. The number of hydrogen-bond donors (Lipinski definition) is 2. The summed E-state index contributed by atoms with van der Waals surface area (Å²) in [4.78, 5) is 10.8. The summed E-state index contributed by atoms with van der Waals surface area (Å²) in [7, 11) is 0. The lowest BCUT2D eigenvalue weighted by molar-refractivity contribution is 0.612. The van der Waals surface area contributed by atoms with Crippen LogP contribution in [0.2, 0.25) is 5.02 Å². The van der Waals surface area contributed by atoms with Crippen molar-refractivity contribution in [2.45, 2.75) is 25.8 Å². The highest BCUT2D eigenvalue weighted by Crippen LogP contribution is 2.20. The molecule has 2 N–H and O–H groups in total. The zero-order valence-corrected chi connectivity index (χ0v) is 16.2. The van der Waals surface area contributed by atoms with Gasteiger partial charge in [-0.05, 0) is 49.6 Å². The summed E-state index contributed by atoms with van der Waals surface area (Å²) in [5.41, 5.74) is 1.17. The molecule has 0 bridgehead atoms. The second-order valence-electron chi connectivity index (χ2n) is 6.53. The van der Waals surface area contributed by atoms with Crippen LogP contribution >= 0.6 is 11.6 Å². The Bertz CT molecular complexity index is 782. The first-order valence-electron chi connectivity index (χ1n) is 9.30. The van der Waals surface area contributed by atoms with Gasteiger partial charge in [-0.1, -0.05) is 23.7 Å². The molecule has 1 unspecified atom stereocenters. The van der Waals surface area contributed by atoms with Crippen LogP contribution in [0.3, 0.4) is 0 Å². The molecule has 3 rings (SSSR count). The van der Waals surface area contributed by atoms with Crippen molar-refractivity contribution < 1.29 is 4.39 Å². The number of halogens is 2. The van der Waals surface area contributed by atoms with Gasteiger partial charge in [-0.25, -0.2) is 9.37 Å². The number of aromatic nitrogens is 1. The van der Waals surface area contributed by atoms with E-state index in [0.717, 1.165) is 36.9 Å². The molecular weight excluding hydrogens is 365 g/mol. The van der Waals surface area contributed by atoms with Crippen LogP contribution in [0.5, 0.6) is 0 Å². The van der Waals surface area contributed by atoms with E-state index in [-0.39, 0.29) is 11.9 Å². The van der Waals surface area contributed by atoms with E-state index in [2.05, 4.69) is 26.7 Å². The molecule has 1 aromatic heterocycles. The second kappa shape index (κ2) is 9.55. The number of nitrogens with one attached hydrogen (secondary N) is 2. The maximum atomic E-state index is 13.9. The number of rotatable bonds is 6. The van der Waals surface area contributed by atoms with Gasteiger partial charge in [0.1, 0.15) is 0 Å². The highest BCUT2D eigenvalue weighted by Gasteiger charge is 2.25. The molecule has 27 heavy (non-hydrogen) atoms. The third-order valence-corrected chi connectivity index (χ3v) is 4.71. The molecule has 5 nitrogen and oxygen atoms in total. The van der Waals surface area contributed by atoms with E-state index in [0.29, 0.717) is 18.9 Å². The maximum absolute atomic E-state index is 13.9. The molecule has 7 heteroatoms. The van der Waals surface area contributed by atoms with Gasteiger partial charge >= 0.3 is 0 Å². The molecule has 0 saturated carbocycles. The standard InChI is InChI=1S/C20H25ClFN5/c1-2-23-20(25-11-8-15-5-3-6-16(21)13-15)26-17-9-12-27(14-17)19-18(22)7-4-10-24-19/h3-7,10,13,17H,2,8-9,11-12,14H2,1H3,(H2,23,25,26). The van der Waals surface area contributed by atoms with Gasteiger partial charge in [0.2, 0.25) is 0 Å². The maximum Gasteiger partial charge on any atom is 0.191 e. The van der Waals surface area contributed by atoms with Crippen LogP contribution in [0.15, 0.2) is 47.6 Å². The number of nitrogens with zero attached hydrogens (tertiary/aromatic N) is 3. The third kappa shape index (κ3) is 5.57. The van der Waals surface area contributed by atoms with Gasteiger partial charge in [0.15, 0.2) is 17.6 Å². The van der Waals surface area contributed by atoms with Crippen molar-refractivity contribution in [2.75, 3.05) is 31.1 Å². The number of benzene rings is 1. The summed E-state index contributed by atoms with van der Waals surface area (Å²) in [5, 5.41) is 7.48.